The molecule has 2 aromatic carbocycles. The monoisotopic (exact) mass is 256 g/mol. The molecule has 100 valence electrons. The Labute approximate surface area is 114 Å². The smallest absolute Gasteiger partial charge is 0.166 e. The van der Waals surface area contributed by atoms with Gasteiger partial charge in [0.05, 0.1) is 6.10 Å². The number of ketones is 1. The first-order valence-electron chi connectivity index (χ1n) is 6.58. The highest BCUT2D eigenvalue weighted by molar-refractivity contribution is 6.08. The van der Waals surface area contributed by atoms with Crippen LogP contribution in [0.2, 0.25) is 0 Å². The molecule has 2 heteroatoms. The van der Waals surface area contributed by atoms with Crippen LogP contribution in [0.3, 0.4) is 0 Å². The molecular weight excluding hydrogens is 236 g/mol. The predicted molar refractivity (Wildman–Crippen MR) is 78.4 cm³/mol. The zero-order valence-corrected chi connectivity index (χ0v) is 11.7. The van der Waals surface area contributed by atoms with E-state index in [0.29, 0.717) is 5.56 Å². The fourth-order valence-electron chi connectivity index (χ4n) is 2.06. The Morgan fingerprint density at radius 2 is 1.74 bits per heavy atom. The molecule has 1 unspecified atom stereocenters. The number of rotatable bonds is 3. The number of carbonyl (C=O) groups is 1. The Hall–Kier alpha value is -1.67. The minimum Gasteiger partial charge on any atom is -0.392 e. The van der Waals surface area contributed by atoms with Crippen molar-refractivity contribution >= 4 is 16.6 Å². The fourth-order valence-corrected chi connectivity index (χ4v) is 2.06. The minimum absolute atomic E-state index is 0.000718. The molecule has 0 radical (unpaired) electrons. The molecule has 2 aromatic rings. The molecule has 0 amide bonds. The minimum atomic E-state index is -0.626. The zero-order valence-electron chi connectivity index (χ0n) is 11.7. The first kappa shape index (κ1) is 13.8. The molecule has 0 saturated heterocycles. The number of aliphatic hydroxyl groups excluding tert-OH is 1. The molecule has 1 atom stereocenters. The Morgan fingerprint density at radius 3 is 2.42 bits per heavy atom. The Bertz CT molecular complexity index is 588. The van der Waals surface area contributed by atoms with Crippen molar-refractivity contribution in [3.8, 4) is 0 Å². The lowest BCUT2D eigenvalue weighted by Gasteiger charge is -2.25. The number of carbonyl (C=O) groups excluding carboxylic acids is 1. The van der Waals surface area contributed by atoms with E-state index in [4.69, 9.17) is 0 Å². The second kappa shape index (κ2) is 5.14. The predicted octanol–water partition coefficient (Wildman–Crippen LogP) is 3.82. The van der Waals surface area contributed by atoms with E-state index in [0.717, 1.165) is 10.8 Å². The number of hydrogen-bond acceptors (Lipinski definition) is 2. The maximum absolute atomic E-state index is 12.4. The summed E-state index contributed by atoms with van der Waals surface area (Å²) in [5, 5.41) is 12.1. The van der Waals surface area contributed by atoms with Crippen molar-refractivity contribution in [2.24, 2.45) is 5.41 Å². The number of fused-ring (bicyclic) bond motifs is 1. The van der Waals surface area contributed by atoms with Crippen LogP contribution in [-0.4, -0.2) is 17.0 Å². The molecule has 0 saturated carbocycles. The van der Waals surface area contributed by atoms with Crippen LogP contribution in [-0.2, 0) is 0 Å². The van der Waals surface area contributed by atoms with E-state index in [1.54, 1.807) is 0 Å². The Morgan fingerprint density at radius 1 is 1.11 bits per heavy atom. The van der Waals surface area contributed by atoms with Crippen LogP contribution < -0.4 is 0 Å². The maximum Gasteiger partial charge on any atom is 0.166 e. The summed E-state index contributed by atoms with van der Waals surface area (Å²) in [5.41, 5.74) is 0.418. The summed E-state index contributed by atoms with van der Waals surface area (Å²) >= 11 is 0. The van der Waals surface area contributed by atoms with Gasteiger partial charge in [0.25, 0.3) is 0 Å². The van der Waals surface area contributed by atoms with Crippen LogP contribution in [0.1, 0.15) is 37.6 Å². The first-order chi connectivity index (χ1) is 8.89. The van der Waals surface area contributed by atoms with E-state index in [2.05, 4.69) is 0 Å². The summed E-state index contributed by atoms with van der Waals surface area (Å²) in [7, 11) is 0. The lowest BCUT2D eigenvalue weighted by molar-refractivity contribution is 0.0495. The largest absolute Gasteiger partial charge is 0.392 e. The van der Waals surface area contributed by atoms with E-state index in [1.165, 1.54) is 0 Å². The molecule has 0 aliphatic carbocycles. The second-order valence-electron chi connectivity index (χ2n) is 6.04. The summed E-state index contributed by atoms with van der Waals surface area (Å²) in [6.07, 6.45) is -0.462. The lowest BCUT2D eigenvalue weighted by atomic mass is 9.85. The van der Waals surface area contributed by atoms with Gasteiger partial charge in [-0.3, -0.25) is 4.79 Å². The molecule has 0 aliphatic heterocycles. The van der Waals surface area contributed by atoms with Crippen molar-refractivity contribution in [3.05, 3.63) is 48.0 Å². The topological polar surface area (TPSA) is 37.3 Å². The zero-order chi connectivity index (χ0) is 14.0. The van der Waals surface area contributed by atoms with Crippen LogP contribution in [0.5, 0.6) is 0 Å². The maximum atomic E-state index is 12.4. The standard InChI is InChI=1S/C17H20O2/c1-17(2,3)16(19)11-15(18)14-10-6-8-12-7-4-5-9-13(12)14/h4-10,16,19H,11H2,1-3H3. The third-order valence-electron chi connectivity index (χ3n) is 3.47. The van der Waals surface area contributed by atoms with E-state index < -0.39 is 6.10 Å². The highest BCUT2D eigenvalue weighted by atomic mass is 16.3. The van der Waals surface area contributed by atoms with Crippen molar-refractivity contribution in [2.45, 2.75) is 33.3 Å². The van der Waals surface area contributed by atoms with Gasteiger partial charge in [0.2, 0.25) is 0 Å². The quantitative estimate of drug-likeness (QED) is 0.848. The van der Waals surface area contributed by atoms with E-state index in [1.807, 2.05) is 63.2 Å². The second-order valence-corrected chi connectivity index (χ2v) is 6.04. The molecule has 2 nitrogen and oxygen atoms in total. The molecule has 0 bridgehead atoms. The normalized spacial score (nSPS) is 13.5. The summed E-state index contributed by atoms with van der Waals surface area (Å²) < 4.78 is 0. The van der Waals surface area contributed by atoms with Crippen LogP contribution in [0.15, 0.2) is 42.5 Å². The number of benzene rings is 2. The van der Waals surface area contributed by atoms with Crippen LogP contribution in [0, 0.1) is 5.41 Å². The highest BCUT2D eigenvalue weighted by Gasteiger charge is 2.25. The number of hydrogen-bond donors (Lipinski definition) is 1. The van der Waals surface area contributed by atoms with Crippen molar-refractivity contribution in [1.29, 1.82) is 0 Å². The van der Waals surface area contributed by atoms with E-state index in [9.17, 15) is 9.90 Å². The van der Waals surface area contributed by atoms with Gasteiger partial charge in [-0.05, 0) is 16.2 Å². The lowest BCUT2D eigenvalue weighted by Crippen LogP contribution is -2.28. The molecular formula is C17H20O2. The summed E-state index contributed by atoms with van der Waals surface area (Å²) in [6.45, 7) is 5.82. The SMILES string of the molecule is CC(C)(C)C(O)CC(=O)c1cccc2ccccc12. The van der Waals surface area contributed by atoms with Gasteiger partial charge in [-0.15, -0.1) is 0 Å². The molecule has 0 fully saturated rings. The summed E-state index contributed by atoms with van der Waals surface area (Å²) in [4.78, 5) is 12.4. The van der Waals surface area contributed by atoms with Crippen LogP contribution in [0.25, 0.3) is 10.8 Å². The van der Waals surface area contributed by atoms with Crippen LogP contribution in [0.4, 0.5) is 0 Å². The summed E-state index contributed by atoms with van der Waals surface area (Å²) in [6, 6.07) is 13.5. The number of aliphatic hydroxyl groups is 1. The molecule has 2 rings (SSSR count). The highest BCUT2D eigenvalue weighted by Crippen LogP contribution is 2.25. The van der Waals surface area contributed by atoms with Crippen molar-refractivity contribution in [2.75, 3.05) is 0 Å². The van der Waals surface area contributed by atoms with Crippen LogP contribution >= 0.6 is 0 Å². The van der Waals surface area contributed by atoms with Gasteiger partial charge in [0, 0.05) is 12.0 Å². The average Bonchev–Trinajstić information content (AvgIpc) is 2.36. The van der Waals surface area contributed by atoms with Gasteiger partial charge in [0.1, 0.15) is 0 Å². The summed E-state index contributed by atoms with van der Waals surface area (Å²) in [5.74, 6) is -0.000718. The molecule has 1 N–H and O–H groups in total. The van der Waals surface area contributed by atoms with Gasteiger partial charge >= 0.3 is 0 Å². The first-order valence-corrected chi connectivity index (χ1v) is 6.58. The van der Waals surface area contributed by atoms with Gasteiger partial charge in [-0.2, -0.15) is 0 Å². The molecule has 19 heavy (non-hydrogen) atoms. The van der Waals surface area contributed by atoms with E-state index in [-0.39, 0.29) is 17.6 Å². The third-order valence-corrected chi connectivity index (χ3v) is 3.47. The Balaban J connectivity index is 2.32. The van der Waals surface area contributed by atoms with Gasteiger partial charge in [-0.1, -0.05) is 63.2 Å². The molecule has 0 aliphatic rings. The van der Waals surface area contributed by atoms with Crippen molar-refractivity contribution in [3.63, 3.8) is 0 Å². The number of Topliss-reactive ketones (excluding diaryl/α,β-unsaturated/α-hetero) is 1. The Kier molecular flexibility index (Phi) is 3.72. The average molecular weight is 256 g/mol. The van der Waals surface area contributed by atoms with E-state index >= 15 is 0 Å². The molecule has 0 spiro atoms. The molecule has 0 aromatic heterocycles. The van der Waals surface area contributed by atoms with Gasteiger partial charge in [0.15, 0.2) is 5.78 Å². The van der Waals surface area contributed by atoms with Gasteiger partial charge < -0.3 is 5.11 Å². The van der Waals surface area contributed by atoms with Crippen molar-refractivity contribution < 1.29 is 9.90 Å². The third kappa shape index (κ3) is 3.02. The fraction of sp³-hybridized carbons (Fsp3) is 0.353. The van der Waals surface area contributed by atoms with Gasteiger partial charge in [-0.25, -0.2) is 0 Å². The van der Waals surface area contributed by atoms with Crippen molar-refractivity contribution in [1.82, 2.24) is 0 Å². The molecule has 0 heterocycles.